The van der Waals surface area contributed by atoms with Crippen molar-refractivity contribution >= 4 is 5.96 Å². The predicted molar refractivity (Wildman–Crippen MR) is 83.5 cm³/mol. The van der Waals surface area contributed by atoms with E-state index in [9.17, 15) is 0 Å². The lowest BCUT2D eigenvalue weighted by Gasteiger charge is -2.11. The molecule has 0 amide bonds. The number of rotatable bonds is 11. The predicted octanol–water partition coefficient (Wildman–Crippen LogP) is 1.78. The van der Waals surface area contributed by atoms with Gasteiger partial charge in [0, 0.05) is 40.0 Å². The van der Waals surface area contributed by atoms with Crippen LogP contribution >= 0.6 is 0 Å². The molecule has 0 fully saturated rings. The van der Waals surface area contributed by atoms with Crippen LogP contribution in [0.15, 0.2) is 27.8 Å². The Morgan fingerprint density at radius 3 is 2.90 bits per heavy atom. The number of nitrogens with one attached hydrogen (secondary N) is 2. The highest BCUT2D eigenvalue weighted by molar-refractivity contribution is 5.79. The second-order valence-corrected chi connectivity index (χ2v) is 4.52. The number of ether oxygens (including phenoxy) is 2. The molecule has 1 aromatic heterocycles. The molecule has 0 radical (unpaired) electrons. The molecule has 0 atom stereocenters. The monoisotopic (exact) mass is 297 g/mol. The maximum Gasteiger partial charge on any atom is 0.191 e. The van der Waals surface area contributed by atoms with Crippen LogP contribution in [0.2, 0.25) is 0 Å². The van der Waals surface area contributed by atoms with Gasteiger partial charge in [-0.05, 0) is 31.9 Å². The van der Waals surface area contributed by atoms with Crippen molar-refractivity contribution in [2.24, 2.45) is 4.99 Å². The Bertz CT molecular complexity index is 366. The third-order valence-electron chi connectivity index (χ3n) is 2.70. The van der Waals surface area contributed by atoms with Gasteiger partial charge < -0.3 is 24.5 Å². The van der Waals surface area contributed by atoms with Crippen molar-refractivity contribution in [1.29, 1.82) is 0 Å². The zero-order chi connectivity index (χ0) is 15.2. The van der Waals surface area contributed by atoms with Crippen LogP contribution in [0, 0.1) is 0 Å². The summed E-state index contributed by atoms with van der Waals surface area (Å²) in [7, 11) is 1.70. The van der Waals surface area contributed by atoms with Crippen molar-refractivity contribution in [3.63, 3.8) is 0 Å². The third kappa shape index (κ3) is 9.10. The van der Waals surface area contributed by atoms with Gasteiger partial charge in [0.2, 0.25) is 0 Å². The minimum absolute atomic E-state index is 0.526. The van der Waals surface area contributed by atoms with Crippen LogP contribution in [0.1, 0.15) is 25.5 Å². The van der Waals surface area contributed by atoms with Gasteiger partial charge in [-0.3, -0.25) is 4.99 Å². The molecule has 0 saturated heterocycles. The topological polar surface area (TPSA) is 68.0 Å². The van der Waals surface area contributed by atoms with E-state index in [0.717, 1.165) is 50.8 Å². The zero-order valence-corrected chi connectivity index (χ0v) is 13.1. The van der Waals surface area contributed by atoms with Crippen molar-refractivity contribution in [2.45, 2.75) is 26.4 Å². The fourth-order valence-corrected chi connectivity index (χ4v) is 1.69. The maximum absolute atomic E-state index is 5.52. The largest absolute Gasteiger partial charge is 0.467 e. The Balaban J connectivity index is 2.06. The van der Waals surface area contributed by atoms with E-state index >= 15 is 0 Å². The molecule has 1 aromatic rings. The first-order valence-corrected chi connectivity index (χ1v) is 7.48. The normalized spacial score (nSPS) is 11.6. The van der Waals surface area contributed by atoms with Crippen LogP contribution in [0.3, 0.4) is 0 Å². The van der Waals surface area contributed by atoms with Gasteiger partial charge in [-0.15, -0.1) is 0 Å². The number of methoxy groups -OCH3 is 1. The Kier molecular flexibility index (Phi) is 10.2. The first-order valence-electron chi connectivity index (χ1n) is 7.48. The van der Waals surface area contributed by atoms with E-state index in [1.54, 1.807) is 13.4 Å². The Labute approximate surface area is 126 Å². The van der Waals surface area contributed by atoms with E-state index in [0.29, 0.717) is 13.2 Å². The molecule has 120 valence electrons. The Hall–Kier alpha value is -1.53. The standard InChI is InChI=1S/C15H27N3O3/c1-3-16-15(17-8-5-10-19-2)18-9-6-11-20-13-14-7-4-12-21-14/h4,7,12H,3,5-6,8-11,13H2,1-2H3,(H2,16,17,18). The van der Waals surface area contributed by atoms with Crippen molar-refractivity contribution in [2.75, 3.05) is 40.0 Å². The second-order valence-electron chi connectivity index (χ2n) is 4.52. The fraction of sp³-hybridized carbons (Fsp3) is 0.667. The zero-order valence-electron chi connectivity index (χ0n) is 13.1. The van der Waals surface area contributed by atoms with Gasteiger partial charge in [-0.2, -0.15) is 0 Å². The highest BCUT2D eigenvalue weighted by atomic mass is 16.5. The summed E-state index contributed by atoms with van der Waals surface area (Å²) in [6.07, 6.45) is 3.51. The molecule has 0 unspecified atom stereocenters. The first kappa shape index (κ1) is 17.5. The Morgan fingerprint density at radius 2 is 2.19 bits per heavy atom. The molecule has 21 heavy (non-hydrogen) atoms. The minimum Gasteiger partial charge on any atom is -0.467 e. The van der Waals surface area contributed by atoms with Crippen molar-refractivity contribution in [1.82, 2.24) is 10.6 Å². The maximum atomic E-state index is 5.52. The third-order valence-corrected chi connectivity index (χ3v) is 2.70. The molecule has 0 bridgehead atoms. The summed E-state index contributed by atoms with van der Waals surface area (Å²) < 4.78 is 15.7. The number of furan rings is 1. The van der Waals surface area contributed by atoms with Gasteiger partial charge in [0.25, 0.3) is 0 Å². The van der Waals surface area contributed by atoms with Crippen molar-refractivity contribution in [3.05, 3.63) is 24.2 Å². The highest BCUT2D eigenvalue weighted by Crippen LogP contribution is 2.01. The second kappa shape index (κ2) is 12.2. The molecule has 2 N–H and O–H groups in total. The van der Waals surface area contributed by atoms with Gasteiger partial charge in [-0.1, -0.05) is 0 Å². The molecule has 0 aliphatic heterocycles. The van der Waals surface area contributed by atoms with E-state index in [-0.39, 0.29) is 0 Å². The van der Waals surface area contributed by atoms with Gasteiger partial charge in [0.05, 0.1) is 6.26 Å². The molecule has 6 nitrogen and oxygen atoms in total. The van der Waals surface area contributed by atoms with Crippen LogP contribution in [0.4, 0.5) is 0 Å². The summed E-state index contributed by atoms with van der Waals surface area (Å²) in [6.45, 7) is 6.45. The summed E-state index contributed by atoms with van der Waals surface area (Å²) in [4.78, 5) is 4.47. The fourth-order valence-electron chi connectivity index (χ4n) is 1.69. The molecular formula is C15H27N3O3. The van der Waals surface area contributed by atoms with Gasteiger partial charge in [0.15, 0.2) is 5.96 Å². The van der Waals surface area contributed by atoms with Gasteiger partial charge >= 0.3 is 0 Å². The van der Waals surface area contributed by atoms with E-state index in [1.165, 1.54) is 0 Å². The molecule has 6 heteroatoms. The summed E-state index contributed by atoms with van der Waals surface area (Å²) in [6, 6.07) is 3.77. The lowest BCUT2D eigenvalue weighted by atomic mass is 10.4. The minimum atomic E-state index is 0.526. The number of nitrogens with zero attached hydrogens (tertiary/aromatic N) is 1. The van der Waals surface area contributed by atoms with Crippen molar-refractivity contribution < 1.29 is 13.9 Å². The van der Waals surface area contributed by atoms with Gasteiger partial charge in [0.1, 0.15) is 12.4 Å². The van der Waals surface area contributed by atoms with E-state index in [4.69, 9.17) is 13.9 Å². The van der Waals surface area contributed by atoms with Crippen molar-refractivity contribution in [3.8, 4) is 0 Å². The van der Waals surface area contributed by atoms with Crippen LogP contribution < -0.4 is 10.6 Å². The highest BCUT2D eigenvalue weighted by Gasteiger charge is 1.98. The molecule has 0 spiro atoms. The summed E-state index contributed by atoms with van der Waals surface area (Å²) in [5, 5.41) is 6.50. The van der Waals surface area contributed by atoms with Crippen LogP contribution in [0.5, 0.6) is 0 Å². The van der Waals surface area contributed by atoms with Gasteiger partial charge in [-0.25, -0.2) is 0 Å². The Morgan fingerprint density at radius 1 is 1.29 bits per heavy atom. The molecule has 0 aliphatic carbocycles. The summed E-state index contributed by atoms with van der Waals surface area (Å²) in [5.74, 6) is 1.70. The number of hydrogen-bond donors (Lipinski definition) is 2. The SMILES string of the molecule is CCNC(=NCCCOC)NCCCOCc1ccco1. The quantitative estimate of drug-likeness (QED) is 0.370. The van der Waals surface area contributed by atoms with Crippen LogP contribution in [-0.2, 0) is 16.1 Å². The smallest absolute Gasteiger partial charge is 0.191 e. The number of hydrogen-bond acceptors (Lipinski definition) is 4. The van der Waals surface area contributed by atoms with Crippen LogP contribution in [0.25, 0.3) is 0 Å². The van der Waals surface area contributed by atoms with E-state index in [1.807, 2.05) is 12.1 Å². The van der Waals surface area contributed by atoms with Crippen LogP contribution in [-0.4, -0.2) is 45.9 Å². The van der Waals surface area contributed by atoms with E-state index < -0.39 is 0 Å². The van der Waals surface area contributed by atoms with E-state index in [2.05, 4.69) is 22.5 Å². The molecule has 1 rings (SSSR count). The first-order chi connectivity index (χ1) is 10.4. The number of aliphatic imine (C=N–C) groups is 1. The summed E-state index contributed by atoms with van der Waals surface area (Å²) in [5.41, 5.74) is 0. The summed E-state index contributed by atoms with van der Waals surface area (Å²) >= 11 is 0. The molecular weight excluding hydrogens is 270 g/mol. The average molecular weight is 297 g/mol. The number of guanidine groups is 1. The molecule has 0 aromatic carbocycles. The molecule has 0 saturated carbocycles. The molecule has 1 heterocycles. The molecule has 0 aliphatic rings. The lowest BCUT2D eigenvalue weighted by molar-refractivity contribution is 0.105. The lowest BCUT2D eigenvalue weighted by Crippen LogP contribution is -2.38. The average Bonchev–Trinajstić information content (AvgIpc) is 3.00.